The maximum Gasteiger partial charge on any atom is 0.396 e. The number of nitrogens with zero attached hydrogens (tertiary/aromatic N) is 3. The minimum absolute atomic E-state index is 0.139. The van der Waals surface area contributed by atoms with Gasteiger partial charge in [0.15, 0.2) is 0 Å². The number of nitrogens with two attached hydrogens (primary N) is 1. The van der Waals surface area contributed by atoms with Gasteiger partial charge in [-0.3, -0.25) is 0 Å². The van der Waals surface area contributed by atoms with Crippen LogP contribution in [-0.4, -0.2) is 26.1 Å². The molecule has 0 aliphatic heterocycles. The summed E-state index contributed by atoms with van der Waals surface area (Å²) in [4.78, 5) is 14.5. The van der Waals surface area contributed by atoms with Gasteiger partial charge in [-0.05, 0) is 6.07 Å². The van der Waals surface area contributed by atoms with Crippen molar-refractivity contribution in [3.05, 3.63) is 36.5 Å². The molecule has 0 saturated heterocycles. The van der Waals surface area contributed by atoms with Crippen LogP contribution in [0, 0.1) is 0 Å². The van der Waals surface area contributed by atoms with Crippen LogP contribution in [-0.2, 0) is 6.42 Å². The average molecular weight is 293 g/mol. The summed E-state index contributed by atoms with van der Waals surface area (Å²) in [5.41, 5.74) is 7.84. The number of para-hydroxylation sites is 1. The number of halogens is 3. The van der Waals surface area contributed by atoms with E-state index in [4.69, 9.17) is 5.73 Å². The molecule has 3 rings (SSSR count). The molecule has 0 saturated carbocycles. The number of rotatable bonds is 2. The Labute approximate surface area is 117 Å². The maximum atomic E-state index is 12.5. The number of fused-ring (bicyclic) bond motifs is 1. The second kappa shape index (κ2) is 4.72. The highest BCUT2D eigenvalue weighted by Gasteiger charge is 2.29. The first kappa shape index (κ1) is 13.3. The number of benzene rings is 1. The molecule has 0 radical (unpaired) electrons. The third-order valence-corrected chi connectivity index (χ3v) is 2.96. The average Bonchev–Trinajstić information content (AvgIpc) is 2.79. The molecule has 5 nitrogen and oxygen atoms in total. The van der Waals surface area contributed by atoms with Gasteiger partial charge in [0.1, 0.15) is 24.4 Å². The predicted molar refractivity (Wildman–Crippen MR) is 71.3 cm³/mol. The SMILES string of the molecule is Nc1ncncc1-c1cccc2[nH]c(CC(F)(F)F)nc12. The minimum atomic E-state index is -4.32. The fourth-order valence-electron chi connectivity index (χ4n) is 2.12. The summed E-state index contributed by atoms with van der Waals surface area (Å²) in [5, 5.41) is 0. The summed E-state index contributed by atoms with van der Waals surface area (Å²) in [7, 11) is 0. The molecule has 3 aromatic rings. The second-order valence-electron chi connectivity index (χ2n) is 4.50. The van der Waals surface area contributed by atoms with Crippen LogP contribution in [0.3, 0.4) is 0 Å². The molecule has 2 aromatic heterocycles. The van der Waals surface area contributed by atoms with Crippen molar-refractivity contribution in [2.75, 3.05) is 5.73 Å². The molecule has 0 unspecified atom stereocenters. The highest BCUT2D eigenvalue weighted by Crippen LogP contribution is 2.30. The number of nitrogen functional groups attached to an aromatic ring is 1. The first-order valence-electron chi connectivity index (χ1n) is 6.04. The van der Waals surface area contributed by atoms with Gasteiger partial charge in [-0.1, -0.05) is 12.1 Å². The molecular formula is C13H10F3N5. The Balaban J connectivity index is 2.14. The number of H-pyrrole nitrogens is 1. The van der Waals surface area contributed by atoms with E-state index in [1.54, 1.807) is 18.2 Å². The van der Waals surface area contributed by atoms with E-state index in [1.807, 2.05) is 0 Å². The zero-order valence-corrected chi connectivity index (χ0v) is 10.6. The smallest absolute Gasteiger partial charge is 0.383 e. The van der Waals surface area contributed by atoms with E-state index >= 15 is 0 Å². The van der Waals surface area contributed by atoms with Crippen LogP contribution in [0.2, 0.25) is 0 Å². The molecule has 0 fully saturated rings. The van der Waals surface area contributed by atoms with Gasteiger partial charge in [-0.15, -0.1) is 0 Å². The van der Waals surface area contributed by atoms with E-state index in [0.29, 0.717) is 22.2 Å². The van der Waals surface area contributed by atoms with Crippen molar-refractivity contribution in [1.82, 2.24) is 19.9 Å². The molecule has 3 N–H and O–H groups in total. The molecule has 0 bridgehead atoms. The molecule has 108 valence electrons. The van der Waals surface area contributed by atoms with Gasteiger partial charge in [0.2, 0.25) is 0 Å². The number of hydrogen-bond donors (Lipinski definition) is 2. The van der Waals surface area contributed by atoms with Gasteiger partial charge in [-0.25, -0.2) is 15.0 Å². The lowest BCUT2D eigenvalue weighted by Crippen LogP contribution is -2.12. The number of imidazole rings is 1. The van der Waals surface area contributed by atoms with Gasteiger partial charge in [0, 0.05) is 17.3 Å². The van der Waals surface area contributed by atoms with Crippen LogP contribution in [0.25, 0.3) is 22.2 Å². The number of anilines is 1. The van der Waals surface area contributed by atoms with E-state index in [-0.39, 0.29) is 11.6 Å². The third-order valence-electron chi connectivity index (χ3n) is 2.96. The Hall–Kier alpha value is -2.64. The predicted octanol–water partition coefficient (Wildman–Crippen LogP) is 2.71. The highest BCUT2D eigenvalue weighted by molar-refractivity contribution is 5.94. The van der Waals surface area contributed by atoms with Crippen LogP contribution in [0.4, 0.5) is 19.0 Å². The van der Waals surface area contributed by atoms with E-state index in [0.717, 1.165) is 0 Å². The second-order valence-corrected chi connectivity index (χ2v) is 4.50. The zero-order chi connectivity index (χ0) is 15.0. The van der Waals surface area contributed by atoms with Crippen LogP contribution in [0.15, 0.2) is 30.7 Å². The van der Waals surface area contributed by atoms with E-state index in [1.165, 1.54) is 12.5 Å². The summed E-state index contributed by atoms with van der Waals surface area (Å²) >= 11 is 0. The zero-order valence-electron chi connectivity index (χ0n) is 10.6. The quantitative estimate of drug-likeness (QED) is 0.761. The summed E-state index contributed by atoms with van der Waals surface area (Å²) in [5.74, 6) is 0.109. The van der Waals surface area contributed by atoms with Crippen molar-refractivity contribution < 1.29 is 13.2 Å². The molecule has 8 heteroatoms. The summed E-state index contributed by atoms with van der Waals surface area (Å²) in [6, 6.07) is 5.08. The monoisotopic (exact) mass is 293 g/mol. The number of aromatic amines is 1. The lowest BCUT2D eigenvalue weighted by atomic mass is 10.1. The molecule has 0 aliphatic rings. The molecule has 0 aliphatic carbocycles. The minimum Gasteiger partial charge on any atom is -0.383 e. The molecule has 21 heavy (non-hydrogen) atoms. The largest absolute Gasteiger partial charge is 0.396 e. The standard InChI is InChI=1S/C13H10F3N5/c14-13(15,16)4-10-20-9-3-1-2-7(11(9)21-10)8-5-18-6-19-12(8)17/h1-3,5-6H,4H2,(H,20,21)(H2,17,18,19). The van der Waals surface area contributed by atoms with Gasteiger partial charge < -0.3 is 10.7 Å². The van der Waals surface area contributed by atoms with E-state index in [9.17, 15) is 13.2 Å². The molecule has 0 atom stereocenters. The van der Waals surface area contributed by atoms with Crippen molar-refractivity contribution >= 4 is 16.9 Å². The number of nitrogens with one attached hydrogen (secondary N) is 1. The number of aromatic nitrogens is 4. The van der Waals surface area contributed by atoms with Crippen LogP contribution < -0.4 is 5.73 Å². The Kier molecular flexibility index (Phi) is 3.00. The summed E-state index contributed by atoms with van der Waals surface area (Å²) < 4.78 is 37.4. The summed E-state index contributed by atoms with van der Waals surface area (Å²) in [6.45, 7) is 0. The molecule has 1 aromatic carbocycles. The molecule has 2 heterocycles. The van der Waals surface area contributed by atoms with Gasteiger partial charge in [-0.2, -0.15) is 13.2 Å². The Bertz CT molecular complexity index is 794. The van der Waals surface area contributed by atoms with Gasteiger partial charge >= 0.3 is 6.18 Å². The van der Waals surface area contributed by atoms with Crippen molar-refractivity contribution in [2.45, 2.75) is 12.6 Å². The Morgan fingerprint density at radius 1 is 1.19 bits per heavy atom. The Morgan fingerprint density at radius 2 is 2.00 bits per heavy atom. The van der Waals surface area contributed by atoms with Gasteiger partial charge in [0.05, 0.1) is 11.0 Å². The highest BCUT2D eigenvalue weighted by atomic mass is 19.4. The normalized spacial score (nSPS) is 12.0. The number of alkyl halides is 3. The van der Waals surface area contributed by atoms with E-state index in [2.05, 4.69) is 19.9 Å². The van der Waals surface area contributed by atoms with E-state index < -0.39 is 12.6 Å². The Morgan fingerprint density at radius 3 is 2.71 bits per heavy atom. The first-order valence-corrected chi connectivity index (χ1v) is 6.04. The molecular weight excluding hydrogens is 283 g/mol. The lowest BCUT2D eigenvalue weighted by molar-refractivity contribution is -0.128. The summed E-state index contributed by atoms with van der Waals surface area (Å²) in [6.07, 6.45) is -2.61. The van der Waals surface area contributed by atoms with Crippen LogP contribution in [0.1, 0.15) is 5.82 Å². The first-order chi connectivity index (χ1) is 9.94. The van der Waals surface area contributed by atoms with Crippen LogP contribution >= 0.6 is 0 Å². The fraction of sp³-hybridized carbons (Fsp3) is 0.154. The number of hydrogen-bond acceptors (Lipinski definition) is 4. The maximum absolute atomic E-state index is 12.5. The molecule has 0 spiro atoms. The van der Waals surface area contributed by atoms with Crippen molar-refractivity contribution in [2.24, 2.45) is 0 Å². The topological polar surface area (TPSA) is 80.5 Å². The lowest BCUT2D eigenvalue weighted by Gasteiger charge is -2.04. The van der Waals surface area contributed by atoms with Gasteiger partial charge in [0.25, 0.3) is 0 Å². The van der Waals surface area contributed by atoms with Crippen molar-refractivity contribution in [3.63, 3.8) is 0 Å². The molecule has 0 amide bonds. The third kappa shape index (κ3) is 2.64. The van der Waals surface area contributed by atoms with Crippen molar-refractivity contribution in [3.8, 4) is 11.1 Å². The van der Waals surface area contributed by atoms with Crippen LogP contribution in [0.5, 0.6) is 0 Å². The fourth-order valence-corrected chi connectivity index (χ4v) is 2.12. The van der Waals surface area contributed by atoms with Crippen molar-refractivity contribution in [1.29, 1.82) is 0 Å².